The van der Waals surface area contributed by atoms with Crippen LogP contribution >= 0.6 is 11.6 Å². The lowest BCUT2D eigenvalue weighted by Gasteiger charge is -2.62. The zero-order valence-electron chi connectivity index (χ0n) is 20.9. The van der Waals surface area contributed by atoms with Crippen molar-refractivity contribution in [3.63, 3.8) is 0 Å². The maximum atomic E-state index is 12.8. The van der Waals surface area contributed by atoms with Crippen LogP contribution in [0.3, 0.4) is 0 Å². The molecule has 4 rings (SSSR count). The molecule has 2 N–H and O–H groups in total. The van der Waals surface area contributed by atoms with E-state index in [1.807, 2.05) is 13.8 Å². The van der Waals surface area contributed by atoms with Gasteiger partial charge in [0.25, 0.3) is 0 Å². The molecular weight excluding hydrogens is 436 g/mol. The van der Waals surface area contributed by atoms with E-state index in [1.54, 1.807) is 0 Å². The van der Waals surface area contributed by atoms with Crippen molar-refractivity contribution in [2.24, 2.45) is 52.3 Å². The Kier molecular flexibility index (Phi) is 6.86. The van der Waals surface area contributed by atoms with Gasteiger partial charge in [-0.15, -0.1) is 11.6 Å². The zero-order valence-corrected chi connectivity index (χ0v) is 21.6. The molecule has 4 fully saturated rings. The number of fused-ring (bicyclic) bond motifs is 5. The fraction of sp³-hybridized carbons (Fsp3) is 0.857. The minimum atomic E-state index is -0.823. The van der Waals surface area contributed by atoms with Crippen molar-refractivity contribution < 1.29 is 19.8 Å². The molecule has 0 aromatic heterocycles. The summed E-state index contributed by atoms with van der Waals surface area (Å²) in [5.41, 5.74) is 0.693. The largest absolute Gasteiger partial charge is 0.481 e. The Labute approximate surface area is 204 Å². The summed E-state index contributed by atoms with van der Waals surface area (Å²) in [7, 11) is 0. The smallest absolute Gasteiger partial charge is 0.307 e. The summed E-state index contributed by atoms with van der Waals surface area (Å²) in [5, 5.41) is 20.4. The van der Waals surface area contributed by atoms with E-state index in [0.717, 1.165) is 51.4 Å². The Hall–Kier alpha value is -0.870. The third-order valence-electron chi connectivity index (χ3n) is 11.0. The van der Waals surface area contributed by atoms with Gasteiger partial charge in [0, 0.05) is 6.42 Å². The van der Waals surface area contributed by atoms with Gasteiger partial charge in [-0.1, -0.05) is 34.3 Å². The van der Waals surface area contributed by atoms with Crippen molar-refractivity contribution in [2.45, 2.75) is 97.0 Å². The zero-order chi connectivity index (χ0) is 24.3. The van der Waals surface area contributed by atoms with Crippen molar-refractivity contribution in [3.05, 3.63) is 12.2 Å². The van der Waals surface area contributed by atoms with Gasteiger partial charge in [0.1, 0.15) is 0 Å². The summed E-state index contributed by atoms with van der Waals surface area (Å²) in [6.07, 6.45) is 7.84. The normalized spacial score (nSPS) is 45.6. The molecule has 4 saturated carbocycles. The summed E-state index contributed by atoms with van der Waals surface area (Å²) < 4.78 is 0. The number of carbonyl (C=O) groups is 2. The Balaban J connectivity index is 1.56. The summed E-state index contributed by atoms with van der Waals surface area (Å²) in [6.45, 7) is 12.6. The fourth-order valence-electron chi connectivity index (χ4n) is 9.02. The number of carbonyl (C=O) groups excluding carboxylic acids is 1. The molecule has 0 radical (unpaired) electrons. The summed E-state index contributed by atoms with van der Waals surface area (Å²) in [6, 6.07) is 0. The first-order chi connectivity index (χ1) is 15.4. The molecule has 4 nitrogen and oxygen atoms in total. The van der Waals surface area contributed by atoms with Crippen LogP contribution in [0, 0.1) is 52.3 Å². The number of halogens is 1. The second kappa shape index (κ2) is 8.97. The maximum absolute atomic E-state index is 12.8. The maximum Gasteiger partial charge on any atom is 0.307 e. The molecule has 5 heteroatoms. The van der Waals surface area contributed by atoms with Crippen molar-refractivity contribution in [3.8, 4) is 0 Å². The molecule has 186 valence electrons. The highest BCUT2D eigenvalue weighted by molar-refractivity contribution is 6.21. The number of aliphatic carboxylic acids is 1. The molecule has 0 aromatic carbocycles. The van der Waals surface area contributed by atoms with E-state index < -0.39 is 11.9 Å². The highest BCUT2D eigenvalue weighted by Gasteiger charge is 2.62. The van der Waals surface area contributed by atoms with Crippen LogP contribution < -0.4 is 0 Å². The Morgan fingerprint density at radius 1 is 0.970 bits per heavy atom. The number of aliphatic hydroxyl groups is 1. The molecular formula is C28H43ClO4. The van der Waals surface area contributed by atoms with Crippen LogP contribution in [0.25, 0.3) is 0 Å². The molecule has 4 aliphatic carbocycles. The number of carboxylic acid groups (broad SMARTS) is 1. The Bertz CT molecular complexity index is 808. The highest BCUT2D eigenvalue weighted by Crippen LogP contribution is 2.68. The first-order valence-corrected chi connectivity index (χ1v) is 13.6. The lowest BCUT2D eigenvalue weighted by atomic mass is 9.44. The molecule has 0 aliphatic heterocycles. The number of rotatable bonds is 6. The molecule has 4 aliphatic rings. The molecule has 0 amide bonds. The van der Waals surface area contributed by atoms with Gasteiger partial charge in [-0.3, -0.25) is 9.59 Å². The van der Waals surface area contributed by atoms with E-state index in [1.165, 1.54) is 0 Å². The standard InChI is InChI=1S/C28H43ClO4/c1-15(2)16(3)24(31)14-18(26(32)33)20-9-8-19-17-6-7-22-25(29)23(30)11-13-28(22,5)21(17)10-12-27(19,20)4/h15,17-23,25,30H,3,6-14H2,1-2,4-5H3,(H,32,33)/t17-,18+,19-,20+,21-,22+,23-,25+,27-,28+/m0/s1. The Morgan fingerprint density at radius 2 is 1.58 bits per heavy atom. The van der Waals surface area contributed by atoms with Crippen molar-refractivity contribution in [1.29, 1.82) is 0 Å². The SMILES string of the molecule is C=C(C(=O)C[C@@H](C(=O)O)[C@H]1CC[C@H]2[C@@H]3CC[C@@H]4[C@@H](Cl)[C@@H](O)CC[C@]4(C)[C@H]3CC[C@]12C)C(C)C. The van der Waals surface area contributed by atoms with Gasteiger partial charge in [-0.2, -0.15) is 0 Å². The van der Waals surface area contributed by atoms with Gasteiger partial charge in [0.2, 0.25) is 0 Å². The van der Waals surface area contributed by atoms with Crippen LogP contribution in [0.4, 0.5) is 0 Å². The number of allylic oxidation sites excluding steroid dienone is 1. The first-order valence-electron chi connectivity index (χ1n) is 13.2. The van der Waals surface area contributed by atoms with E-state index >= 15 is 0 Å². The Morgan fingerprint density at radius 3 is 2.21 bits per heavy atom. The minimum Gasteiger partial charge on any atom is -0.481 e. The van der Waals surface area contributed by atoms with E-state index in [9.17, 15) is 19.8 Å². The van der Waals surface area contributed by atoms with Crippen molar-refractivity contribution >= 4 is 23.4 Å². The van der Waals surface area contributed by atoms with Gasteiger partial charge in [-0.05, 0) is 103 Å². The predicted molar refractivity (Wildman–Crippen MR) is 131 cm³/mol. The predicted octanol–water partition coefficient (Wildman–Crippen LogP) is 6.10. The number of aliphatic hydroxyl groups excluding tert-OH is 1. The van der Waals surface area contributed by atoms with Crippen LogP contribution in [-0.2, 0) is 9.59 Å². The van der Waals surface area contributed by atoms with Crippen molar-refractivity contribution in [2.75, 3.05) is 0 Å². The van der Waals surface area contributed by atoms with Gasteiger partial charge in [0.15, 0.2) is 5.78 Å². The van der Waals surface area contributed by atoms with Crippen LogP contribution in [-0.4, -0.2) is 33.4 Å². The molecule has 33 heavy (non-hydrogen) atoms. The summed E-state index contributed by atoms with van der Waals surface area (Å²) in [5.74, 6) is 0.660. The van der Waals surface area contributed by atoms with E-state index in [4.69, 9.17) is 11.6 Å². The number of ketones is 1. The number of alkyl halides is 1. The molecule has 0 heterocycles. The average molecular weight is 479 g/mol. The quantitative estimate of drug-likeness (QED) is 0.357. The second-order valence-electron chi connectivity index (χ2n) is 12.6. The number of carboxylic acids is 1. The van der Waals surface area contributed by atoms with Gasteiger partial charge >= 0.3 is 5.97 Å². The van der Waals surface area contributed by atoms with Crippen LogP contribution in [0.2, 0.25) is 0 Å². The third kappa shape index (κ3) is 4.01. The van der Waals surface area contributed by atoms with Crippen LogP contribution in [0.5, 0.6) is 0 Å². The van der Waals surface area contributed by atoms with E-state index in [-0.39, 0.29) is 46.4 Å². The number of hydrogen-bond donors (Lipinski definition) is 2. The molecule has 10 atom stereocenters. The van der Waals surface area contributed by atoms with E-state index in [0.29, 0.717) is 29.2 Å². The van der Waals surface area contributed by atoms with Crippen molar-refractivity contribution in [1.82, 2.24) is 0 Å². The van der Waals surface area contributed by atoms with Gasteiger partial charge in [-0.25, -0.2) is 0 Å². The van der Waals surface area contributed by atoms with Gasteiger partial charge in [0.05, 0.1) is 17.4 Å². The summed E-state index contributed by atoms with van der Waals surface area (Å²) >= 11 is 6.74. The fourth-order valence-corrected chi connectivity index (χ4v) is 9.56. The first kappa shape index (κ1) is 25.2. The summed E-state index contributed by atoms with van der Waals surface area (Å²) in [4.78, 5) is 25.2. The van der Waals surface area contributed by atoms with Crippen LogP contribution in [0.1, 0.15) is 85.5 Å². The average Bonchev–Trinajstić information content (AvgIpc) is 3.10. The number of Topliss-reactive ketones (excluding diaryl/α,β-unsaturated/α-hetero) is 1. The second-order valence-corrected chi connectivity index (χ2v) is 13.1. The lowest BCUT2D eigenvalue weighted by molar-refractivity contribution is -0.152. The molecule has 0 spiro atoms. The molecule has 0 saturated heterocycles. The topological polar surface area (TPSA) is 74.6 Å². The van der Waals surface area contributed by atoms with Gasteiger partial charge < -0.3 is 10.2 Å². The molecule has 0 aromatic rings. The third-order valence-corrected chi connectivity index (χ3v) is 11.6. The molecule has 0 unspecified atom stereocenters. The highest BCUT2D eigenvalue weighted by atomic mass is 35.5. The van der Waals surface area contributed by atoms with Crippen LogP contribution in [0.15, 0.2) is 12.2 Å². The minimum absolute atomic E-state index is 0.0264. The lowest BCUT2D eigenvalue weighted by Crippen LogP contribution is -2.57. The number of hydrogen-bond acceptors (Lipinski definition) is 3. The monoisotopic (exact) mass is 478 g/mol. The molecule has 0 bridgehead atoms. The van der Waals surface area contributed by atoms with E-state index in [2.05, 4.69) is 20.4 Å².